The van der Waals surface area contributed by atoms with E-state index in [1.165, 1.54) is 96.3 Å². The number of carbonyl (C=O) groups is 1. The van der Waals surface area contributed by atoms with E-state index < -0.39 is 32.0 Å². The van der Waals surface area contributed by atoms with Gasteiger partial charge in [0.25, 0.3) is 0 Å². The predicted octanol–water partition coefficient (Wildman–Crippen LogP) is 9.02. The number of phosphoric acid groups is 1. The topological polar surface area (TPSA) is 151 Å². The minimum atomic E-state index is -4.36. The molecular formula is C37H75N2O7P. The van der Waals surface area contributed by atoms with Crippen molar-refractivity contribution in [3.63, 3.8) is 0 Å². The smallest absolute Gasteiger partial charge is 0.393 e. The van der Waals surface area contributed by atoms with Crippen LogP contribution < -0.4 is 11.1 Å². The van der Waals surface area contributed by atoms with E-state index >= 15 is 0 Å². The molecule has 0 bridgehead atoms. The van der Waals surface area contributed by atoms with E-state index in [0.29, 0.717) is 12.8 Å². The third-order valence-corrected chi connectivity index (χ3v) is 9.66. The van der Waals surface area contributed by atoms with Gasteiger partial charge in [-0.15, -0.1) is 0 Å². The standard InChI is InChI=1S/C37H75N2O7P/c1-3-5-7-9-11-12-13-14-15-16-17-18-19-20-21-23-24-26-28-34(40)32-37(42)39-35(33-46-47(43,44)45-31-30-38)36(41)29-27-25-22-10-8-6-4-2/h17-18,34-36,40-41H,3-16,19-33,38H2,1-2H3,(H,39,42)(H,43,44)/b18-17-. The highest BCUT2D eigenvalue weighted by Crippen LogP contribution is 2.43. The molecule has 6 N–H and O–H groups in total. The first-order valence-electron chi connectivity index (χ1n) is 19.4. The Hall–Kier alpha value is -0.800. The maximum Gasteiger partial charge on any atom is 0.472 e. The number of rotatable bonds is 36. The normalized spacial score (nSPS) is 15.1. The van der Waals surface area contributed by atoms with Gasteiger partial charge in [-0.2, -0.15) is 0 Å². The Labute approximate surface area is 288 Å². The Balaban J connectivity index is 4.19. The van der Waals surface area contributed by atoms with Crippen molar-refractivity contribution in [2.45, 2.75) is 199 Å². The van der Waals surface area contributed by atoms with E-state index in [0.717, 1.165) is 51.4 Å². The number of unbranched alkanes of at least 4 members (excludes halogenated alkanes) is 20. The predicted molar refractivity (Wildman–Crippen MR) is 195 cm³/mol. The molecule has 0 aromatic rings. The van der Waals surface area contributed by atoms with Crippen LogP contribution in [-0.4, -0.2) is 59.0 Å². The van der Waals surface area contributed by atoms with Gasteiger partial charge < -0.3 is 26.2 Å². The molecular weight excluding hydrogens is 615 g/mol. The van der Waals surface area contributed by atoms with E-state index in [1.807, 2.05) is 0 Å². The van der Waals surface area contributed by atoms with Crippen LogP contribution in [0.4, 0.5) is 0 Å². The van der Waals surface area contributed by atoms with Gasteiger partial charge >= 0.3 is 7.82 Å². The van der Waals surface area contributed by atoms with Crippen LogP contribution in [0.1, 0.15) is 181 Å². The van der Waals surface area contributed by atoms with E-state index in [1.54, 1.807) is 0 Å². The number of nitrogens with one attached hydrogen (secondary N) is 1. The molecule has 0 heterocycles. The lowest BCUT2D eigenvalue weighted by Gasteiger charge is -2.25. The molecule has 0 aromatic heterocycles. The summed E-state index contributed by atoms with van der Waals surface area (Å²) < 4.78 is 21.9. The molecule has 0 spiro atoms. The third-order valence-electron chi connectivity index (χ3n) is 8.67. The van der Waals surface area contributed by atoms with Crippen molar-refractivity contribution in [1.82, 2.24) is 5.32 Å². The van der Waals surface area contributed by atoms with Gasteiger partial charge in [0.15, 0.2) is 0 Å². The molecule has 10 heteroatoms. The van der Waals surface area contributed by atoms with Crippen LogP contribution in [0.2, 0.25) is 0 Å². The molecule has 1 amide bonds. The average Bonchev–Trinajstić information content (AvgIpc) is 3.04. The number of nitrogens with two attached hydrogens (primary N) is 1. The highest BCUT2D eigenvalue weighted by atomic mass is 31.2. The number of carbonyl (C=O) groups excluding carboxylic acids is 1. The van der Waals surface area contributed by atoms with Crippen molar-refractivity contribution >= 4 is 13.7 Å². The minimum absolute atomic E-state index is 0.0592. The van der Waals surface area contributed by atoms with Gasteiger partial charge in [0.05, 0.1) is 37.9 Å². The zero-order chi connectivity index (χ0) is 34.9. The Morgan fingerprint density at radius 2 is 1.15 bits per heavy atom. The summed E-state index contributed by atoms with van der Waals surface area (Å²) in [7, 11) is -4.36. The summed E-state index contributed by atoms with van der Waals surface area (Å²) in [5.74, 6) is -0.422. The lowest BCUT2D eigenvalue weighted by atomic mass is 10.0. The van der Waals surface area contributed by atoms with Gasteiger partial charge in [-0.05, 0) is 38.5 Å². The van der Waals surface area contributed by atoms with Crippen molar-refractivity contribution in [3.8, 4) is 0 Å². The molecule has 9 nitrogen and oxygen atoms in total. The second kappa shape index (κ2) is 33.7. The fourth-order valence-electron chi connectivity index (χ4n) is 5.70. The minimum Gasteiger partial charge on any atom is -0.393 e. The first kappa shape index (κ1) is 46.2. The molecule has 4 atom stereocenters. The molecule has 0 aliphatic rings. The molecule has 0 fully saturated rings. The van der Waals surface area contributed by atoms with Crippen LogP contribution in [0.25, 0.3) is 0 Å². The SMILES string of the molecule is CCCCCCCCCCC/C=C\CCCCCCCC(O)CC(=O)NC(COP(=O)(O)OCCN)C(O)CCCCCCCCC. The van der Waals surface area contributed by atoms with Crippen LogP contribution in [0.15, 0.2) is 12.2 Å². The number of hydrogen-bond donors (Lipinski definition) is 5. The lowest BCUT2D eigenvalue weighted by Crippen LogP contribution is -2.47. The fourth-order valence-corrected chi connectivity index (χ4v) is 6.46. The summed E-state index contributed by atoms with van der Waals surface area (Å²) in [5.41, 5.74) is 5.33. The molecule has 4 unspecified atom stereocenters. The zero-order valence-corrected chi connectivity index (χ0v) is 31.3. The van der Waals surface area contributed by atoms with Crippen LogP contribution >= 0.6 is 7.82 Å². The van der Waals surface area contributed by atoms with Crippen LogP contribution in [0, 0.1) is 0 Å². The molecule has 0 saturated heterocycles. The first-order chi connectivity index (χ1) is 22.8. The molecule has 0 saturated carbocycles. The van der Waals surface area contributed by atoms with Crippen molar-refractivity contribution < 1.29 is 33.5 Å². The van der Waals surface area contributed by atoms with Gasteiger partial charge in [0.2, 0.25) is 5.91 Å². The van der Waals surface area contributed by atoms with E-state index in [-0.39, 0.29) is 26.2 Å². The highest BCUT2D eigenvalue weighted by molar-refractivity contribution is 7.47. The molecule has 0 radical (unpaired) electrons. The summed E-state index contributed by atoms with van der Waals surface area (Å²) in [6.07, 6.45) is 31.4. The number of amides is 1. The Bertz CT molecular complexity index is 771. The van der Waals surface area contributed by atoms with Gasteiger partial charge in [-0.1, -0.05) is 148 Å². The quantitative estimate of drug-likeness (QED) is 0.0248. The molecule has 0 aromatic carbocycles. The number of phosphoric ester groups is 1. The maximum atomic E-state index is 12.7. The van der Waals surface area contributed by atoms with E-state index in [4.69, 9.17) is 14.8 Å². The largest absolute Gasteiger partial charge is 0.472 e. The third kappa shape index (κ3) is 32.2. The maximum absolute atomic E-state index is 12.7. The average molecular weight is 691 g/mol. The van der Waals surface area contributed by atoms with Crippen molar-refractivity contribution in [2.24, 2.45) is 5.73 Å². The summed E-state index contributed by atoms with van der Waals surface area (Å²) >= 11 is 0. The van der Waals surface area contributed by atoms with E-state index in [9.17, 15) is 24.5 Å². The summed E-state index contributed by atoms with van der Waals surface area (Å²) in [5, 5.41) is 23.9. The zero-order valence-electron chi connectivity index (χ0n) is 30.4. The Kier molecular flexibility index (Phi) is 33.1. The Morgan fingerprint density at radius 3 is 1.64 bits per heavy atom. The molecule has 280 valence electrons. The lowest BCUT2D eigenvalue weighted by molar-refractivity contribution is -0.125. The molecule has 47 heavy (non-hydrogen) atoms. The van der Waals surface area contributed by atoms with Crippen LogP contribution in [0.5, 0.6) is 0 Å². The van der Waals surface area contributed by atoms with Crippen molar-refractivity contribution in [1.29, 1.82) is 0 Å². The summed E-state index contributed by atoms with van der Waals surface area (Å²) in [6.45, 7) is 3.98. The molecule has 0 aliphatic heterocycles. The Morgan fingerprint density at radius 1 is 0.702 bits per heavy atom. The van der Waals surface area contributed by atoms with Gasteiger partial charge in [0, 0.05) is 6.54 Å². The summed E-state index contributed by atoms with van der Waals surface area (Å²) in [4.78, 5) is 22.6. The number of allylic oxidation sites excluding steroid dienone is 2. The van der Waals surface area contributed by atoms with E-state index in [2.05, 4.69) is 31.3 Å². The monoisotopic (exact) mass is 691 g/mol. The number of aliphatic hydroxyl groups excluding tert-OH is 2. The van der Waals surface area contributed by atoms with Crippen LogP contribution in [0.3, 0.4) is 0 Å². The second-order valence-corrected chi connectivity index (χ2v) is 14.8. The van der Waals surface area contributed by atoms with Crippen molar-refractivity contribution in [3.05, 3.63) is 12.2 Å². The van der Waals surface area contributed by atoms with Crippen LogP contribution in [-0.2, 0) is 18.4 Å². The number of aliphatic hydroxyl groups is 2. The summed E-state index contributed by atoms with van der Waals surface area (Å²) in [6, 6.07) is -0.893. The van der Waals surface area contributed by atoms with Gasteiger partial charge in [0.1, 0.15) is 0 Å². The second-order valence-electron chi connectivity index (χ2n) is 13.3. The molecule has 0 aliphatic carbocycles. The van der Waals surface area contributed by atoms with Crippen molar-refractivity contribution in [2.75, 3.05) is 19.8 Å². The first-order valence-corrected chi connectivity index (χ1v) is 20.9. The fraction of sp³-hybridized carbons (Fsp3) is 0.919. The number of hydrogen-bond acceptors (Lipinski definition) is 7. The van der Waals surface area contributed by atoms with Gasteiger partial charge in [-0.3, -0.25) is 13.8 Å². The van der Waals surface area contributed by atoms with Gasteiger partial charge in [-0.25, -0.2) is 4.57 Å². The molecule has 0 rings (SSSR count). The highest BCUT2D eigenvalue weighted by Gasteiger charge is 2.28.